The summed E-state index contributed by atoms with van der Waals surface area (Å²) in [6, 6.07) is 0. The lowest BCUT2D eigenvalue weighted by Gasteiger charge is -2.42. The fraction of sp³-hybridized carbons (Fsp3) is 0.714. The normalized spacial score (nSPS) is 27.8. The average Bonchev–Trinajstić information content (AvgIpc) is 3.00. The minimum atomic E-state index is -0.750. The van der Waals surface area contributed by atoms with E-state index in [9.17, 15) is 4.79 Å². The molecular weight excluding hydrogens is 290 g/mol. The van der Waals surface area contributed by atoms with Crippen molar-refractivity contribution in [2.45, 2.75) is 19.1 Å². The SMILES string of the molecule is C[C@@]1(C(=O)N2CCOCC2)CN(Cc2cncs2)CCO1. The van der Waals surface area contributed by atoms with Gasteiger partial charge >= 0.3 is 0 Å². The number of aromatic nitrogens is 1. The van der Waals surface area contributed by atoms with Crippen LogP contribution in [0.2, 0.25) is 0 Å². The first-order valence-corrected chi connectivity index (χ1v) is 8.16. The molecule has 0 aromatic carbocycles. The Hall–Kier alpha value is -1.02. The van der Waals surface area contributed by atoms with E-state index in [1.807, 2.05) is 23.5 Å². The van der Waals surface area contributed by atoms with Crippen molar-refractivity contribution in [3.05, 3.63) is 16.6 Å². The molecule has 1 aromatic rings. The third-order valence-electron chi connectivity index (χ3n) is 3.97. The first kappa shape index (κ1) is 14.9. The molecule has 1 atom stereocenters. The van der Waals surface area contributed by atoms with Crippen molar-refractivity contribution in [3.63, 3.8) is 0 Å². The van der Waals surface area contributed by atoms with Crippen LogP contribution in [0.1, 0.15) is 11.8 Å². The number of carbonyl (C=O) groups is 1. The van der Waals surface area contributed by atoms with E-state index < -0.39 is 5.60 Å². The van der Waals surface area contributed by atoms with Crippen molar-refractivity contribution in [2.75, 3.05) is 46.0 Å². The molecule has 0 unspecified atom stereocenters. The molecule has 1 aromatic heterocycles. The van der Waals surface area contributed by atoms with Crippen LogP contribution < -0.4 is 0 Å². The number of ether oxygens (including phenoxy) is 2. The lowest BCUT2D eigenvalue weighted by molar-refractivity contribution is -0.171. The summed E-state index contributed by atoms with van der Waals surface area (Å²) < 4.78 is 11.2. The van der Waals surface area contributed by atoms with Crippen LogP contribution in [0.5, 0.6) is 0 Å². The van der Waals surface area contributed by atoms with Gasteiger partial charge in [-0.25, -0.2) is 0 Å². The van der Waals surface area contributed by atoms with Crippen molar-refractivity contribution in [1.29, 1.82) is 0 Å². The van der Waals surface area contributed by atoms with Crippen LogP contribution in [0, 0.1) is 0 Å². The largest absolute Gasteiger partial charge is 0.378 e. The number of rotatable bonds is 3. The summed E-state index contributed by atoms with van der Waals surface area (Å²) >= 11 is 1.65. The number of nitrogens with zero attached hydrogens (tertiary/aromatic N) is 3. The van der Waals surface area contributed by atoms with Gasteiger partial charge in [0, 0.05) is 43.8 Å². The number of carbonyl (C=O) groups excluding carboxylic acids is 1. The van der Waals surface area contributed by atoms with Crippen LogP contribution in [0.15, 0.2) is 11.7 Å². The molecule has 1 amide bonds. The summed E-state index contributed by atoms with van der Waals surface area (Å²) in [5.74, 6) is 0.0832. The van der Waals surface area contributed by atoms with Gasteiger partial charge in [-0.2, -0.15) is 0 Å². The maximum Gasteiger partial charge on any atom is 0.256 e. The van der Waals surface area contributed by atoms with Gasteiger partial charge in [0.25, 0.3) is 5.91 Å². The Morgan fingerprint density at radius 2 is 2.19 bits per heavy atom. The molecule has 0 spiro atoms. The average molecular weight is 311 g/mol. The molecule has 116 valence electrons. The fourth-order valence-electron chi connectivity index (χ4n) is 2.86. The summed E-state index contributed by atoms with van der Waals surface area (Å²) in [6.07, 6.45) is 1.89. The predicted molar refractivity (Wildman–Crippen MR) is 79.1 cm³/mol. The zero-order valence-electron chi connectivity index (χ0n) is 12.3. The van der Waals surface area contributed by atoms with Gasteiger partial charge in [0.1, 0.15) is 0 Å². The van der Waals surface area contributed by atoms with Gasteiger partial charge in [-0.15, -0.1) is 11.3 Å². The molecule has 0 saturated carbocycles. The first-order valence-electron chi connectivity index (χ1n) is 7.28. The van der Waals surface area contributed by atoms with Crippen LogP contribution in [0.25, 0.3) is 0 Å². The van der Waals surface area contributed by atoms with Gasteiger partial charge < -0.3 is 14.4 Å². The molecule has 2 saturated heterocycles. The maximum atomic E-state index is 12.7. The predicted octanol–water partition coefficient (Wildman–Crippen LogP) is 0.593. The summed E-state index contributed by atoms with van der Waals surface area (Å²) in [6.45, 7) is 7.36. The van der Waals surface area contributed by atoms with Gasteiger partial charge in [-0.05, 0) is 6.92 Å². The van der Waals surface area contributed by atoms with Gasteiger partial charge in [-0.3, -0.25) is 14.7 Å². The lowest BCUT2D eigenvalue weighted by Crippen LogP contribution is -2.60. The molecule has 2 fully saturated rings. The van der Waals surface area contributed by atoms with E-state index in [1.165, 1.54) is 4.88 Å². The molecule has 2 aliphatic rings. The molecule has 3 rings (SSSR count). The van der Waals surface area contributed by atoms with E-state index in [-0.39, 0.29) is 5.91 Å². The van der Waals surface area contributed by atoms with Crippen molar-refractivity contribution in [3.8, 4) is 0 Å². The Morgan fingerprint density at radius 3 is 2.90 bits per heavy atom. The molecule has 3 heterocycles. The second kappa shape index (κ2) is 6.39. The molecule has 0 radical (unpaired) electrons. The van der Waals surface area contributed by atoms with Crippen LogP contribution in [0.3, 0.4) is 0 Å². The molecule has 2 aliphatic heterocycles. The molecule has 0 aliphatic carbocycles. The zero-order valence-corrected chi connectivity index (χ0v) is 13.1. The van der Waals surface area contributed by atoms with Gasteiger partial charge in [-0.1, -0.05) is 0 Å². The van der Waals surface area contributed by atoms with Crippen LogP contribution in [-0.2, 0) is 20.8 Å². The maximum absolute atomic E-state index is 12.7. The highest BCUT2D eigenvalue weighted by molar-refractivity contribution is 7.09. The second-order valence-electron chi connectivity index (χ2n) is 5.66. The lowest BCUT2D eigenvalue weighted by atomic mass is 10.0. The number of morpholine rings is 2. The van der Waals surface area contributed by atoms with Crippen molar-refractivity contribution < 1.29 is 14.3 Å². The van der Waals surface area contributed by atoms with Crippen molar-refractivity contribution >= 4 is 17.2 Å². The quantitative estimate of drug-likeness (QED) is 0.818. The minimum absolute atomic E-state index is 0.0832. The molecular formula is C14H21N3O3S. The summed E-state index contributed by atoms with van der Waals surface area (Å²) in [5, 5.41) is 0. The second-order valence-corrected chi connectivity index (χ2v) is 6.63. The molecule has 21 heavy (non-hydrogen) atoms. The number of thiazole rings is 1. The van der Waals surface area contributed by atoms with E-state index in [4.69, 9.17) is 9.47 Å². The monoisotopic (exact) mass is 311 g/mol. The standard InChI is InChI=1S/C14H21N3O3S/c1-14(13(18)17-3-5-19-6-4-17)10-16(2-7-20-14)9-12-8-15-11-21-12/h8,11H,2-7,9-10H2,1H3/t14-/m0/s1. The third-order valence-corrected chi connectivity index (χ3v) is 4.73. The smallest absolute Gasteiger partial charge is 0.256 e. The minimum Gasteiger partial charge on any atom is -0.378 e. The topological polar surface area (TPSA) is 54.9 Å². The van der Waals surface area contributed by atoms with Crippen molar-refractivity contribution in [2.24, 2.45) is 0 Å². The Kier molecular flexibility index (Phi) is 4.54. The van der Waals surface area contributed by atoms with E-state index in [2.05, 4.69) is 9.88 Å². The highest BCUT2D eigenvalue weighted by Crippen LogP contribution is 2.23. The number of hydrogen-bond acceptors (Lipinski definition) is 6. The molecule has 6 nitrogen and oxygen atoms in total. The fourth-order valence-corrected chi connectivity index (χ4v) is 3.49. The number of hydrogen-bond donors (Lipinski definition) is 0. The highest BCUT2D eigenvalue weighted by atomic mass is 32.1. The first-order chi connectivity index (χ1) is 10.2. The Labute approximate surface area is 128 Å². The molecule has 0 bridgehead atoms. The van der Waals surface area contributed by atoms with Crippen LogP contribution >= 0.6 is 11.3 Å². The van der Waals surface area contributed by atoms with E-state index in [0.717, 1.165) is 13.1 Å². The summed E-state index contributed by atoms with van der Waals surface area (Å²) in [4.78, 5) is 22.2. The van der Waals surface area contributed by atoms with Gasteiger partial charge in [0.15, 0.2) is 5.60 Å². The van der Waals surface area contributed by atoms with Gasteiger partial charge in [0.2, 0.25) is 0 Å². The van der Waals surface area contributed by atoms with Crippen molar-refractivity contribution in [1.82, 2.24) is 14.8 Å². The Bertz CT molecular complexity index is 476. The van der Waals surface area contributed by atoms with Crippen LogP contribution in [0.4, 0.5) is 0 Å². The molecule has 0 N–H and O–H groups in total. The van der Waals surface area contributed by atoms with E-state index in [1.54, 1.807) is 11.3 Å². The summed E-state index contributed by atoms with van der Waals surface area (Å²) in [5.41, 5.74) is 1.09. The Morgan fingerprint density at radius 1 is 1.38 bits per heavy atom. The van der Waals surface area contributed by atoms with E-state index in [0.29, 0.717) is 39.5 Å². The van der Waals surface area contributed by atoms with Crippen LogP contribution in [-0.4, -0.2) is 72.3 Å². The molecule has 7 heteroatoms. The highest BCUT2D eigenvalue weighted by Gasteiger charge is 2.42. The Balaban J connectivity index is 1.64. The third kappa shape index (κ3) is 3.42. The summed E-state index contributed by atoms with van der Waals surface area (Å²) in [7, 11) is 0. The van der Waals surface area contributed by atoms with Gasteiger partial charge in [0.05, 0.1) is 25.3 Å². The van der Waals surface area contributed by atoms with E-state index >= 15 is 0 Å². The number of amides is 1. The zero-order chi connectivity index (χ0) is 14.7.